The van der Waals surface area contributed by atoms with Crippen molar-refractivity contribution >= 4 is 38.8 Å². The molecule has 0 fully saturated rings. The van der Waals surface area contributed by atoms with Crippen LogP contribution in [0.5, 0.6) is 0 Å². The van der Waals surface area contributed by atoms with Gasteiger partial charge in [-0.15, -0.1) is 0 Å². The smallest absolute Gasteiger partial charge is 0.0998 e. The molecule has 0 unspecified atom stereocenters. The lowest BCUT2D eigenvalue weighted by atomic mass is 9.97. The summed E-state index contributed by atoms with van der Waals surface area (Å²) in [5.74, 6) is 0. The van der Waals surface area contributed by atoms with Crippen LogP contribution in [0.4, 0.5) is 0 Å². The Morgan fingerprint density at radius 3 is 1.96 bits per heavy atom. The fraction of sp³-hybridized carbons (Fsp3) is 0.0217. The van der Waals surface area contributed by atoms with Crippen molar-refractivity contribution in [3.8, 4) is 51.8 Å². The van der Waals surface area contributed by atoms with Gasteiger partial charge in [0.15, 0.2) is 0 Å². The van der Waals surface area contributed by atoms with Crippen molar-refractivity contribution in [2.75, 3.05) is 0 Å². The van der Waals surface area contributed by atoms with Crippen LogP contribution in [0.3, 0.4) is 0 Å². The van der Waals surface area contributed by atoms with Gasteiger partial charge in [0.25, 0.3) is 0 Å². The molecular weight excluding hydrogens is 623 g/mol. The molecule has 2 heterocycles. The lowest BCUT2D eigenvalue weighted by Crippen LogP contribution is -2.00. The second kappa shape index (κ2) is 12.6. The predicted octanol–water partition coefficient (Wildman–Crippen LogP) is 11.2. The summed E-state index contributed by atoms with van der Waals surface area (Å²) in [4.78, 5) is 0. The summed E-state index contributed by atoms with van der Waals surface area (Å²) in [6, 6.07) is 49.4. The fourth-order valence-corrected chi connectivity index (χ4v) is 7.27. The average Bonchev–Trinajstić information content (AvgIpc) is 3.67. The van der Waals surface area contributed by atoms with Crippen molar-refractivity contribution in [1.82, 2.24) is 9.13 Å². The molecule has 238 valence electrons. The van der Waals surface area contributed by atoms with E-state index >= 15 is 0 Å². The number of hydrogen-bond acceptors (Lipinski definition) is 3. The normalized spacial score (nSPS) is 11.2. The molecule has 0 spiro atoms. The molecule has 51 heavy (non-hydrogen) atoms. The third kappa shape index (κ3) is 5.08. The minimum absolute atomic E-state index is 0.557. The largest absolute Gasteiger partial charge is 0.313 e. The summed E-state index contributed by atoms with van der Waals surface area (Å²) < 4.78 is 4.42. The second-order valence-corrected chi connectivity index (χ2v) is 12.4. The maximum atomic E-state index is 9.89. The number of benzene rings is 6. The number of rotatable bonds is 6. The predicted molar refractivity (Wildman–Crippen MR) is 207 cm³/mol. The van der Waals surface area contributed by atoms with Gasteiger partial charge in [0.2, 0.25) is 0 Å². The van der Waals surface area contributed by atoms with E-state index in [-0.39, 0.29) is 0 Å². The molecule has 8 rings (SSSR count). The highest BCUT2D eigenvalue weighted by Gasteiger charge is 2.18. The molecule has 5 heteroatoms. The Kier molecular flexibility index (Phi) is 7.62. The van der Waals surface area contributed by atoms with E-state index in [1.165, 1.54) is 0 Å². The highest BCUT2D eigenvalue weighted by Crippen LogP contribution is 2.38. The van der Waals surface area contributed by atoms with E-state index in [0.717, 1.165) is 77.6 Å². The molecule has 0 aliphatic rings. The molecule has 6 aromatic carbocycles. The van der Waals surface area contributed by atoms with Crippen LogP contribution in [-0.4, -0.2) is 9.13 Å². The Labute approximate surface area is 295 Å². The maximum Gasteiger partial charge on any atom is 0.0998 e. The van der Waals surface area contributed by atoms with E-state index in [1.54, 1.807) is 6.08 Å². The summed E-state index contributed by atoms with van der Waals surface area (Å²) in [7, 11) is 0. The first-order chi connectivity index (χ1) is 25.0. The van der Waals surface area contributed by atoms with Gasteiger partial charge in [-0.1, -0.05) is 85.5 Å². The number of nitriles is 3. The van der Waals surface area contributed by atoms with Gasteiger partial charge in [0.1, 0.15) is 0 Å². The van der Waals surface area contributed by atoms with Gasteiger partial charge in [-0.3, -0.25) is 0 Å². The summed E-state index contributed by atoms with van der Waals surface area (Å²) in [6.45, 7) is 5.98. The van der Waals surface area contributed by atoms with Crippen molar-refractivity contribution < 1.29 is 0 Å². The zero-order valence-corrected chi connectivity index (χ0v) is 27.8. The Morgan fingerprint density at radius 1 is 0.588 bits per heavy atom. The average molecular weight is 652 g/mol. The first-order valence-corrected chi connectivity index (χ1v) is 16.6. The molecule has 0 saturated heterocycles. The van der Waals surface area contributed by atoms with Crippen LogP contribution in [0.25, 0.3) is 72.4 Å². The van der Waals surface area contributed by atoms with Gasteiger partial charge in [-0.05, 0) is 90.3 Å². The van der Waals surface area contributed by atoms with Crippen molar-refractivity contribution in [3.05, 3.63) is 174 Å². The van der Waals surface area contributed by atoms with Gasteiger partial charge in [-0.2, -0.15) is 15.8 Å². The Bertz CT molecular complexity index is 2840. The molecule has 2 aromatic heterocycles. The summed E-state index contributed by atoms with van der Waals surface area (Å²) >= 11 is 0. The standard InChI is InChI=1S/C46H29N5/c1-3-4-9-38-30(2)50(42-11-6-5-10-39(38)42)43-23-13-31(27-47)25-40(43)35-17-15-33(16-18-35)34-19-21-37(22-20-34)51-44-24-14-32(28-48)26-41(44)46-36(29-49)8-7-12-45(46)51/h3-26H,1H2,2H3/b9-4-. The van der Waals surface area contributed by atoms with Gasteiger partial charge >= 0.3 is 0 Å². The SMILES string of the molecule is C=C/C=C\c1c(C)n(-c2ccc(C#N)cc2-c2ccc(-c3ccc(-n4c5ccc(C#N)cc5c5c(C#N)cccc54)cc3)cc2)c2ccccc12. The number of fused-ring (bicyclic) bond motifs is 4. The van der Waals surface area contributed by atoms with E-state index in [2.05, 4.69) is 120 Å². The lowest BCUT2D eigenvalue weighted by molar-refractivity contribution is 1.05. The molecule has 0 bridgehead atoms. The van der Waals surface area contributed by atoms with Crippen molar-refractivity contribution in [3.63, 3.8) is 0 Å². The molecule has 0 N–H and O–H groups in total. The van der Waals surface area contributed by atoms with Crippen LogP contribution in [0.2, 0.25) is 0 Å². The second-order valence-electron chi connectivity index (χ2n) is 12.4. The van der Waals surface area contributed by atoms with Crippen molar-refractivity contribution in [2.24, 2.45) is 0 Å². The monoisotopic (exact) mass is 651 g/mol. The summed E-state index contributed by atoms with van der Waals surface area (Å²) in [6.07, 6.45) is 5.85. The van der Waals surface area contributed by atoms with Gasteiger partial charge in [-0.25, -0.2) is 0 Å². The van der Waals surface area contributed by atoms with E-state index in [9.17, 15) is 15.8 Å². The van der Waals surface area contributed by atoms with E-state index < -0.39 is 0 Å². The van der Waals surface area contributed by atoms with Crippen LogP contribution in [0.15, 0.2) is 146 Å². The minimum atomic E-state index is 0.557. The fourth-order valence-electron chi connectivity index (χ4n) is 7.27. The maximum absolute atomic E-state index is 9.89. The molecule has 0 aliphatic heterocycles. The zero-order chi connectivity index (χ0) is 35.1. The van der Waals surface area contributed by atoms with E-state index in [4.69, 9.17) is 0 Å². The third-order valence-corrected chi connectivity index (χ3v) is 9.62. The first-order valence-electron chi connectivity index (χ1n) is 16.6. The van der Waals surface area contributed by atoms with E-state index in [1.807, 2.05) is 60.7 Å². The highest BCUT2D eigenvalue weighted by molar-refractivity contribution is 6.12. The quantitative estimate of drug-likeness (QED) is 0.168. The topological polar surface area (TPSA) is 81.2 Å². The van der Waals surface area contributed by atoms with Crippen LogP contribution in [-0.2, 0) is 0 Å². The van der Waals surface area contributed by atoms with Gasteiger partial charge in [0, 0.05) is 38.7 Å². The van der Waals surface area contributed by atoms with Gasteiger partial charge in [0.05, 0.1) is 57.1 Å². The Hall–Kier alpha value is -7.39. The minimum Gasteiger partial charge on any atom is -0.313 e. The number of para-hydroxylation sites is 1. The first kappa shape index (κ1) is 30.9. The van der Waals surface area contributed by atoms with Crippen molar-refractivity contribution in [1.29, 1.82) is 15.8 Å². The van der Waals surface area contributed by atoms with Crippen LogP contribution < -0.4 is 0 Å². The Morgan fingerprint density at radius 2 is 1.24 bits per heavy atom. The molecule has 0 amide bonds. The summed E-state index contributed by atoms with van der Waals surface area (Å²) in [5, 5.41) is 32.2. The van der Waals surface area contributed by atoms with E-state index in [0.29, 0.717) is 16.7 Å². The molecule has 0 saturated carbocycles. The van der Waals surface area contributed by atoms with Crippen molar-refractivity contribution in [2.45, 2.75) is 6.92 Å². The number of allylic oxidation sites excluding steroid dienone is 2. The Balaban J connectivity index is 1.19. The van der Waals surface area contributed by atoms with Crippen LogP contribution in [0, 0.1) is 40.9 Å². The molecular formula is C46H29N5. The molecule has 8 aromatic rings. The highest BCUT2D eigenvalue weighted by atomic mass is 15.0. The summed E-state index contributed by atoms with van der Waals surface area (Å²) in [5.41, 5.74) is 13.0. The van der Waals surface area contributed by atoms with Gasteiger partial charge < -0.3 is 9.13 Å². The number of hydrogen-bond donors (Lipinski definition) is 0. The third-order valence-electron chi connectivity index (χ3n) is 9.62. The zero-order valence-electron chi connectivity index (χ0n) is 27.8. The lowest BCUT2D eigenvalue weighted by Gasteiger charge is -2.16. The van der Waals surface area contributed by atoms with Crippen LogP contribution >= 0.6 is 0 Å². The molecule has 0 radical (unpaired) electrons. The van der Waals surface area contributed by atoms with Crippen LogP contribution in [0.1, 0.15) is 27.9 Å². The number of nitrogens with zero attached hydrogens (tertiary/aromatic N) is 5. The molecule has 0 aliphatic carbocycles. The molecule has 0 atom stereocenters. The molecule has 5 nitrogen and oxygen atoms in total. The number of aromatic nitrogens is 2.